The third kappa shape index (κ3) is 28.1. The standard InChI is InChI=1S/C32H67N2O6P/c1-6-8-10-12-14-16-18-20-22-24-26-32(36)33-30(29-40-41(37,38)39-28-27-34(3,4)5)31(35)25-23-21-19-17-15-13-11-9-7-2/h30-31,35H,6-29H2,1-5H3,(H-,33,36,37,38)/p+1/t30-,31+/m0/s1. The summed E-state index contributed by atoms with van der Waals surface area (Å²) in [6.45, 7) is 4.82. The predicted octanol–water partition coefficient (Wildman–Crippen LogP) is 7.90. The third-order valence-electron chi connectivity index (χ3n) is 7.61. The fourth-order valence-corrected chi connectivity index (χ4v) is 5.54. The zero-order valence-electron chi connectivity index (χ0n) is 27.5. The van der Waals surface area contributed by atoms with Crippen LogP contribution in [0.4, 0.5) is 0 Å². The maximum atomic E-state index is 12.7. The maximum absolute atomic E-state index is 12.7. The van der Waals surface area contributed by atoms with Crippen LogP contribution in [-0.4, -0.2) is 73.4 Å². The second-order valence-electron chi connectivity index (χ2n) is 12.9. The molecule has 0 aromatic carbocycles. The molecule has 0 aliphatic carbocycles. The van der Waals surface area contributed by atoms with E-state index in [4.69, 9.17) is 9.05 Å². The van der Waals surface area contributed by atoms with Crippen molar-refractivity contribution in [2.45, 2.75) is 161 Å². The van der Waals surface area contributed by atoms with Crippen LogP contribution in [0.3, 0.4) is 0 Å². The highest BCUT2D eigenvalue weighted by atomic mass is 31.2. The van der Waals surface area contributed by atoms with Crippen molar-refractivity contribution >= 4 is 13.7 Å². The highest BCUT2D eigenvalue weighted by molar-refractivity contribution is 7.47. The molecule has 1 amide bonds. The highest BCUT2D eigenvalue weighted by Crippen LogP contribution is 2.43. The van der Waals surface area contributed by atoms with Crippen molar-refractivity contribution in [1.29, 1.82) is 0 Å². The summed E-state index contributed by atoms with van der Waals surface area (Å²) in [6.07, 6.45) is 22.7. The van der Waals surface area contributed by atoms with Crippen molar-refractivity contribution < 1.29 is 32.9 Å². The molecule has 0 aromatic rings. The number of aliphatic hydroxyl groups is 1. The molecule has 246 valence electrons. The van der Waals surface area contributed by atoms with E-state index < -0.39 is 20.0 Å². The van der Waals surface area contributed by atoms with Gasteiger partial charge in [-0.2, -0.15) is 0 Å². The lowest BCUT2D eigenvalue weighted by molar-refractivity contribution is -0.870. The summed E-state index contributed by atoms with van der Waals surface area (Å²) in [5.41, 5.74) is 0. The van der Waals surface area contributed by atoms with Crippen LogP contribution in [0, 0.1) is 0 Å². The molecule has 1 unspecified atom stereocenters. The lowest BCUT2D eigenvalue weighted by Crippen LogP contribution is -2.46. The SMILES string of the molecule is CCCCCCCCCCCCC(=O)N[C@@H](COP(=O)(O)OCC[N+](C)(C)C)[C@H](O)CCCCCCCCCCC. The third-order valence-corrected chi connectivity index (χ3v) is 8.59. The molecule has 0 fully saturated rings. The number of nitrogens with one attached hydrogen (secondary N) is 1. The molecule has 8 nitrogen and oxygen atoms in total. The zero-order valence-corrected chi connectivity index (χ0v) is 28.4. The lowest BCUT2D eigenvalue weighted by Gasteiger charge is -2.26. The number of unbranched alkanes of at least 4 members (excludes halogenated alkanes) is 17. The van der Waals surface area contributed by atoms with E-state index in [0.717, 1.165) is 38.5 Å². The maximum Gasteiger partial charge on any atom is 0.472 e. The van der Waals surface area contributed by atoms with E-state index >= 15 is 0 Å². The number of hydrogen-bond donors (Lipinski definition) is 3. The molecule has 0 heterocycles. The molecule has 0 aliphatic rings. The Hall–Kier alpha value is -0.500. The molecule has 0 rings (SSSR count). The van der Waals surface area contributed by atoms with Gasteiger partial charge in [0.05, 0.1) is 39.9 Å². The van der Waals surface area contributed by atoms with Gasteiger partial charge in [-0.05, 0) is 12.8 Å². The van der Waals surface area contributed by atoms with Gasteiger partial charge >= 0.3 is 7.82 Å². The van der Waals surface area contributed by atoms with E-state index in [1.807, 2.05) is 21.1 Å². The molecule has 0 saturated heterocycles. The average molecular weight is 608 g/mol. The first-order valence-corrected chi connectivity index (χ1v) is 18.4. The Kier molecular flexibility index (Phi) is 25.6. The summed E-state index contributed by atoms with van der Waals surface area (Å²) in [7, 11) is 1.62. The summed E-state index contributed by atoms with van der Waals surface area (Å²) >= 11 is 0. The number of carbonyl (C=O) groups excluding carboxylic acids is 1. The fourth-order valence-electron chi connectivity index (χ4n) is 4.81. The molecule has 0 aromatic heterocycles. The van der Waals surface area contributed by atoms with Crippen molar-refractivity contribution in [3.63, 3.8) is 0 Å². The van der Waals surface area contributed by atoms with Crippen LogP contribution in [0.5, 0.6) is 0 Å². The Balaban J connectivity index is 4.54. The Morgan fingerprint density at radius 3 is 1.63 bits per heavy atom. The van der Waals surface area contributed by atoms with E-state index in [-0.39, 0.29) is 19.1 Å². The van der Waals surface area contributed by atoms with Crippen LogP contribution in [-0.2, 0) is 18.4 Å². The van der Waals surface area contributed by atoms with Gasteiger partial charge in [0.25, 0.3) is 0 Å². The number of hydrogen-bond acceptors (Lipinski definition) is 5. The number of rotatable bonds is 30. The lowest BCUT2D eigenvalue weighted by atomic mass is 10.0. The summed E-state index contributed by atoms with van der Waals surface area (Å²) < 4.78 is 23.4. The minimum absolute atomic E-state index is 0.0774. The molecule has 0 aliphatic heterocycles. The van der Waals surface area contributed by atoms with E-state index in [2.05, 4.69) is 19.2 Å². The van der Waals surface area contributed by atoms with Crippen molar-refractivity contribution in [3.8, 4) is 0 Å². The number of phosphoric ester groups is 1. The normalized spacial score (nSPS) is 15.0. The van der Waals surface area contributed by atoms with Gasteiger partial charge in [-0.25, -0.2) is 4.57 Å². The summed E-state index contributed by atoms with van der Waals surface area (Å²) in [5, 5.41) is 13.8. The van der Waals surface area contributed by atoms with Gasteiger partial charge in [0.2, 0.25) is 5.91 Å². The van der Waals surface area contributed by atoms with Crippen LogP contribution in [0.1, 0.15) is 149 Å². The Morgan fingerprint density at radius 2 is 1.17 bits per heavy atom. The van der Waals surface area contributed by atoms with Gasteiger partial charge in [-0.15, -0.1) is 0 Å². The average Bonchev–Trinajstić information content (AvgIpc) is 2.90. The molecule has 0 spiro atoms. The highest BCUT2D eigenvalue weighted by Gasteiger charge is 2.28. The van der Waals surface area contributed by atoms with Gasteiger partial charge < -0.3 is 19.8 Å². The minimum atomic E-state index is -4.29. The molecular formula is C32H68N2O6P+. The van der Waals surface area contributed by atoms with E-state index in [1.54, 1.807) is 0 Å². The number of phosphoric acid groups is 1. The number of likely N-dealkylation sites (N-methyl/N-ethyl adjacent to an activating group) is 1. The molecule has 9 heteroatoms. The number of quaternary nitrogens is 1. The summed E-state index contributed by atoms with van der Waals surface area (Å²) in [5.74, 6) is -0.150. The predicted molar refractivity (Wildman–Crippen MR) is 171 cm³/mol. The zero-order chi connectivity index (χ0) is 30.8. The number of amides is 1. The van der Waals surface area contributed by atoms with Crippen LogP contribution >= 0.6 is 7.82 Å². The van der Waals surface area contributed by atoms with E-state index in [0.29, 0.717) is 23.9 Å². The second-order valence-corrected chi connectivity index (χ2v) is 14.4. The number of nitrogens with zero attached hydrogens (tertiary/aromatic N) is 1. The van der Waals surface area contributed by atoms with E-state index in [9.17, 15) is 19.4 Å². The van der Waals surface area contributed by atoms with Crippen molar-refractivity contribution in [2.24, 2.45) is 0 Å². The molecule has 0 radical (unpaired) electrons. The molecular weight excluding hydrogens is 539 g/mol. The van der Waals surface area contributed by atoms with Gasteiger partial charge in [0, 0.05) is 6.42 Å². The monoisotopic (exact) mass is 607 g/mol. The molecule has 41 heavy (non-hydrogen) atoms. The largest absolute Gasteiger partial charge is 0.472 e. The minimum Gasteiger partial charge on any atom is -0.391 e. The van der Waals surface area contributed by atoms with Crippen LogP contribution in [0.15, 0.2) is 0 Å². The van der Waals surface area contributed by atoms with Gasteiger partial charge in [0.15, 0.2) is 0 Å². The van der Waals surface area contributed by atoms with Crippen molar-refractivity contribution in [2.75, 3.05) is 40.9 Å². The van der Waals surface area contributed by atoms with Crippen molar-refractivity contribution in [3.05, 3.63) is 0 Å². The van der Waals surface area contributed by atoms with Gasteiger partial charge in [-0.1, -0.05) is 129 Å². The first-order chi connectivity index (χ1) is 19.5. The topological polar surface area (TPSA) is 105 Å². The Bertz CT molecular complexity index is 659. The molecule has 0 saturated carbocycles. The van der Waals surface area contributed by atoms with Crippen LogP contribution in [0.2, 0.25) is 0 Å². The van der Waals surface area contributed by atoms with Crippen LogP contribution < -0.4 is 5.32 Å². The molecule has 3 atom stereocenters. The Labute approximate surface area is 253 Å². The first kappa shape index (κ1) is 40.5. The molecule has 0 bridgehead atoms. The van der Waals surface area contributed by atoms with Crippen molar-refractivity contribution in [1.82, 2.24) is 5.32 Å². The van der Waals surface area contributed by atoms with Gasteiger partial charge in [0.1, 0.15) is 13.2 Å². The number of carbonyl (C=O) groups is 1. The van der Waals surface area contributed by atoms with E-state index in [1.165, 1.54) is 83.5 Å². The fraction of sp³-hybridized carbons (Fsp3) is 0.969. The summed E-state index contributed by atoms with van der Waals surface area (Å²) in [4.78, 5) is 22.8. The molecule has 3 N–H and O–H groups in total. The second kappa shape index (κ2) is 25.9. The smallest absolute Gasteiger partial charge is 0.391 e. The Morgan fingerprint density at radius 1 is 0.732 bits per heavy atom. The quantitative estimate of drug-likeness (QED) is 0.0435. The first-order valence-electron chi connectivity index (χ1n) is 16.9. The summed E-state index contributed by atoms with van der Waals surface area (Å²) in [6, 6.07) is -0.748. The van der Waals surface area contributed by atoms with Crippen LogP contribution in [0.25, 0.3) is 0 Å². The van der Waals surface area contributed by atoms with Gasteiger partial charge in [-0.3, -0.25) is 13.8 Å². The number of aliphatic hydroxyl groups excluding tert-OH is 1.